The van der Waals surface area contributed by atoms with E-state index in [4.69, 9.17) is 0 Å². The van der Waals surface area contributed by atoms with E-state index in [1.54, 1.807) is 0 Å². The zero-order chi connectivity index (χ0) is 15.1. The fraction of sp³-hybridized carbons (Fsp3) is 0.765. The number of hydrogen-bond donors (Lipinski definition) is 2. The molecule has 0 unspecified atom stereocenters. The first-order chi connectivity index (χ1) is 9.99. The van der Waals surface area contributed by atoms with Gasteiger partial charge in [0.1, 0.15) is 0 Å². The smallest absolute Gasteiger partial charge is 0.307 e. The molecule has 0 saturated heterocycles. The molecule has 2 fully saturated rings. The summed E-state index contributed by atoms with van der Waals surface area (Å²) in [6.07, 6.45) is 8.24. The van der Waals surface area contributed by atoms with Crippen LogP contribution in [0.25, 0.3) is 0 Å². The Labute approximate surface area is 126 Å². The normalized spacial score (nSPS) is 44.8. The molecule has 0 aromatic carbocycles. The van der Waals surface area contributed by atoms with Crippen molar-refractivity contribution >= 4 is 11.9 Å². The Morgan fingerprint density at radius 2 is 1.76 bits per heavy atom. The lowest BCUT2D eigenvalue weighted by Gasteiger charge is -2.36. The van der Waals surface area contributed by atoms with Crippen molar-refractivity contribution in [2.45, 2.75) is 45.6 Å². The summed E-state index contributed by atoms with van der Waals surface area (Å²) in [5.74, 6) is -0.502. The molecule has 3 rings (SSSR count). The van der Waals surface area contributed by atoms with Gasteiger partial charge in [0.15, 0.2) is 0 Å². The maximum atomic E-state index is 12.7. The number of allylic oxidation sites excluding steroid dienone is 2. The predicted molar refractivity (Wildman–Crippen MR) is 79.5 cm³/mol. The Hall–Kier alpha value is -1.32. The molecule has 21 heavy (non-hydrogen) atoms. The van der Waals surface area contributed by atoms with Gasteiger partial charge in [0.2, 0.25) is 5.91 Å². The molecule has 4 nitrogen and oxygen atoms in total. The summed E-state index contributed by atoms with van der Waals surface area (Å²) in [5.41, 5.74) is 0. The first-order valence-electron chi connectivity index (χ1n) is 8.20. The highest BCUT2D eigenvalue weighted by Gasteiger charge is 2.52. The van der Waals surface area contributed by atoms with Crippen LogP contribution in [0.2, 0.25) is 0 Å². The Balaban J connectivity index is 1.70. The van der Waals surface area contributed by atoms with Gasteiger partial charge in [0.05, 0.1) is 11.8 Å². The summed E-state index contributed by atoms with van der Waals surface area (Å²) in [7, 11) is 0. The van der Waals surface area contributed by atoms with Crippen LogP contribution in [-0.4, -0.2) is 23.0 Å². The molecule has 1 amide bonds. The van der Waals surface area contributed by atoms with E-state index in [1.165, 1.54) is 6.42 Å². The second-order valence-corrected chi connectivity index (χ2v) is 7.22. The topological polar surface area (TPSA) is 66.4 Å². The van der Waals surface area contributed by atoms with Crippen molar-refractivity contribution in [1.29, 1.82) is 0 Å². The van der Waals surface area contributed by atoms with Gasteiger partial charge in [-0.25, -0.2) is 0 Å². The minimum atomic E-state index is -0.822. The van der Waals surface area contributed by atoms with Crippen molar-refractivity contribution in [3.63, 3.8) is 0 Å². The number of carboxylic acid groups (broad SMARTS) is 1. The van der Waals surface area contributed by atoms with E-state index in [9.17, 15) is 14.7 Å². The van der Waals surface area contributed by atoms with Crippen molar-refractivity contribution in [2.24, 2.45) is 35.5 Å². The van der Waals surface area contributed by atoms with Crippen LogP contribution in [0.4, 0.5) is 0 Å². The predicted octanol–water partition coefficient (Wildman–Crippen LogP) is 2.45. The van der Waals surface area contributed by atoms with Gasteiger partial charge in [-0.2, -0.15) is 0 Å². The first-order valence-corrected chi connectivity index (χ1v) is 8.20. The average Bonchev–Trinajstić information content (AvgIpc) is 3.04. The summed E-state index contributed by atoms with van der Waals surface area (Å²) < 4.78 is 0. The summed E-state index contributed by atoms with van der Waals surface area (Å²) in [4.78, 5) is 24.2. The van der Waals surface area contributed by atoms with Gasteiger partial charge in [-0.05, 0) is 36.5 Å². The van der Waals surface area contributed by atoms with Crippen LogP contribution < -0.4 is 5.32 Å². The highest BCUT2D eigenvalue weighted by molar-refractivity contribution is 5.87. The van der Waals surface area contributed by atoms with Crippen LogP contribution in [0.1, 0.15) is 39.5 Å². The number of carbonyl (C=O) groups is 2. The Kier molecular flexibility index (Phi) is 3.80. The summed E-state index contributed by atoms with van der Waals surface area (Å²) in [6.45, 7) is 4.44. The molecule has 2 saturated carbocycles. The third-order valence-corrected chi connectivity index (χ3v) is 6.08. The molecule has 0 aromatic rings. The lowest BCUT2D eigenvalue weighted by molar-refractivity contribution is -0.148. The quantitative estimate of drug-likeness (QED) is 0.785. The highest BCUT2D eigenvalue weighted by Crippen LogP contribution is 2.48. The number of amides is 1. The van der Waals surface area contributed by atoms with Crippen molar-refractivity contribution < 1.29 is 14.7 Å². The molecule has 0 aromatic heterocycles. The summed E-state index contributed by atoms with van der Waals surface area (Å²) in [6, 6.07) is 0.207. The van der Waals surface area contributed by atoms with Gasteiger partial charge >= 0.3 is 5.97 Å². The number of aliphatic carboxylic acids is 1. The van der Waals surface area contributed by atoms with E-state index in [0.717, 1.165) is 19.3 Å². The zero-order valence-electron chi connectivity index (χ0n) is 12.8. The molecule has 0 heterocycles. The fourth-order valence-corrected chi connectivity index (χ4v) is 4.58. The van der Waals surface area contributed by atoms with E-state index in [1.807, 2.05) is 12.2 Å². The van der Waals surface area contributed by atoms with Crippen LogP contribution in [0, 0.1) is 35.5 Å². The minimum absolute atomic E-state index is 0.0369. The molecule has 116 valence electrons. The second kappa shape index (κ2) is 5.47. The number of rotatable bonds is 3. The van der Waals surface area contributed by atoms with Crippen molar-refractivity contribution in [3.05, 3.63) is 12.2 Å². The van der Waals surface area contributed by atoms with E-state index >= 15 is 0 Å². The van der Waals surface area contributed by atoms with E-state index in [0.29, 0.717) is 11.8 Å². The van der Waals surface area contributed by atoms with E-state index < -0.39 is 11.9 Å². The van der Waals surface area contributed by atoms with E-state index in [2.05, 4.69) is 19.2 Å². The standard InChI is InChI=1S/C17H25NO3/c1-9-4-3-5-13(10(9)2)18-16(19)14-11-6-7-12(8-11)15(14)17(20)21/h6-7,9-15H,3-5,8H2,1-2H3,(H,18,19)(H,20,21)/t9-,10+,11+,12-,13+,14+,15-/m0/s1. The fourth-order valence-electron chi connectivity index (χ4n) is 4.58. The van der Waals surface area contributed by atoms with Crippen LogP contribution in [0.3, 0.4) is 0 Å². The number of carboxylic acids is 1. The molecular weight excluding hydrogens is 266 g/mol. The molecular formula is C17H25NO3. The van der Waals surface area contributed by atoms with Gasteiger partial charge < -0.3 is 10.4 Å². The Bertz CT molecular complexity index is 473. The average molecular weight is 291 g/mol. The SMILES string of the molecule is C[C@@H]1[C@@H](C)CCC[C@H]1NC(=O)[C@H]1[C@@H](C(=O)O)[C@H]2C=C[C@@H]1C2. The molecule has 7 atom stereocenters. The Morgan fingerprint density at radius 3 is 2.43 bits per heavy atom. The summed E-state index contributed by atoms with van der Waals surface area (Å²) >= 11 is 0. The van der Waals surface area contributed by atoms with Gasteiger partial charge in [-0.1, -0.05) is 38.8 Å². The van der Waals surface area contributed by atoms with Crippen molar-refractivity contribution in [3.8, 4) is 0 Å². The number of hydrogen-bond acceptors (Lipinski definition) is 2. The lowest BCUT2D eigenvalue weighted by atomic mass is 9.77. The molecule has 0 aliphatic heterocycles. The third kappa shape index (κ3) is 2.49. The molecule has 2 bridgehead atoms. The number of fused-ring (bicyclic) bond motifs is 2. The van der Waals surface area contributed by atoms with Crippen molar-refractivity contribution in [1.82, 2.24) is 5.32 Å². The molecule has 0 spiro atoms. The van der Waals surface area contributed by atoms with Crippen molar-refractivity contribution in [2.75, 3.05) is 0 Å². The maximum absolute atomic E-state index is 12.7. The van der Waals surface area contributed by atoms with Gasteiger partial charge in [-0.3, -0.25) is 9.59 Å². The lowest BCUT2D eigenvalue weighted by Crippen LogP contribution is -2.48. The van der Waals surface area contributed by atoms with Gasteiger partial charge in [0.25, 0.3) is 0 Å². The molecule has 0 radical (unpaired) electrons. The van der Waals surface area contributed by atoms with Gasteiger partial charge in [0, 0.05) is 6.04 Å². The van der Waals surface area contributed by atoms with Crippen LogP contribution in [-0.2, 0) is 9.59 Å². The van der Waals surface area contributed by atoms with Gasteiger partial charge in [-0.15, -0.1) is 0 Å². The van der Waals surface area contributed by atoms with Crippen LogP contribution in [0.15, 0.2) is 12.2 Å². The molecule has 3 aliphatic rings. The molecule has 2 N–H and O–H groups in total. The van der Waals surface area contributed by atoms with Crippen LogP contribution >= 0.6 is 0 Å². The summed E-state index contributed by atoms with van der Waals surface area (Å²) in [5, 5.41) is 12.6. The number of carbonyl (C=O) groups excluding carboxylic acids is 1. The second-order valence-electron chi connectivity index (χ2n) is 7.22. The largest absolute Gasteiger partial charge is 0.481 e. The zero-order valence-corrected chi connectivity index (χ0v) is 12.8. The minimum Gasteiger partial charge on any atom is -0.481 e. The first kappa shape index (κ1) is 14.6. The monoisotopic (exact) mass is 291 g/mol. The highest BCUT2D eigenvalue weighted by atomic mass is 16.4. The van der Waals surface area contributed by atoms with E-state index in [-0.39, 0.29) is 29.7 Å². The number of nitrogens with one attached hydrogen (secondary N) is 1. The Morgan fingerprint density at radius 1 is 1.10 bits per heavy atom. The van der Waals surface area contributed by atoms with Crippen LogP contribution in [0.5, 0.6) is 0 Å². The molecule has 3 aliphatic carbocycles. The third-order valence-electron chi connectivity index (χ3n) is 6.08. The maximum Gasteiger partial charge on any atom is 0.307 e. The molecule has 4 heteroatoms.